The molecular formula is C25H25N5O. The maximum absolute atomic E-state index is 13.2. The van der Waals surface area contributed by atoms with Gasteiger partial charge in [0, 0.05) is 44.8 Å². The second kappa shape index (κ2) is 7.87. The Balaban J connectivity index is 1.44. The smallest absolute Gasteiger partial charge is 0.253 e. The molecule has 0 saturated carbocycles. The van der Waals surface area contributed by atoms with Crippen molar-refractivity contribution in [2.45, 2.75) is 18.9 Å². The Kier molecular flexibility index (Phi) is 4.90. The molecule has 31 heavy (non-hydrogen) atoms. The molecule has 2 aromatic heterocycles. The predicted octanol–water partition coefficient (Wildman–Crippen LogP) is 4.47. The molecule has 3 heterocycles. The molecule has 0 bridgehead atoms. The fourth-order valence-electron chi connectivity index (χ4n) is 4.22. The molecule has 6 nitrogen and oxygen atoms in total. The highest BCUT2D eigenvalue weighted by molar-refractivity contribution is 5.89. The third-order valence-electron chi connectivity index (χ3n) is 5.93. The van der Waals surface area contributed by atoms with Gasteiger partial charge < -0.3 is 9.80 Å². The molecule has 0 N–H and O–H groups in total. The van der Waals surface area contributed by atoms with Gasteiger partial charge in [0.25, 0.3) is 5.91 Å². The van der Waals surface area contributed by atoms with Crippen molar-refractivity contribution in [2.24, 2.45) is 0 Å². The van der Waals surface area contributed by atoms with Gasteiger partial charge in [-0.2, -0.15) is 0 Å². The van der Waals surface area contributed by atoms with Crippen LogP contribution in [0.15, 0.2) is 73.2 Å². The second-order valence-electron chi connectivity index (χ2n) is 8.16. The molecule has 1 atom stereocenters. The topological polar surface area (TPSA) is 54.3 Å². The van der Waals surface area contributed by atoms with Gasteiger partial charge in [-0.3, -0.25) is 9.36 Å². The minimum absolute atomic E-state index is 0.0605. The van der Waals surface area contributed by atoms with Gasteiger partial charge in [-0.05, 0) is 41.8 Å². The molecule has 0 radical (unpaired) electrons. The molecule has 2 aromatic carbocycles. The lowest BCUT2D eigenvalue weighted by Crippen LogP contribution is -2.39. The number of nitrogens with zero attached hydrogens (tertiary/aromatic N) is 5. The number of aromatic nitrogens is 3. The van der Waals surface area contributed by atoms with Gasteiger partial charge in [0.15, 0.2) is 0 Å². The first-order valence-corrected chi connectivity index (χ1v) is 10.6. The van der Waals surface area contributed by atoms with E-state index in [9.17, 15) is 4.79 Å². The van der Waals surface area contributed by atoms with E-state index in [2.05, 4.69) is 35.3 Å². The van der Waals surface area contributed by atoms with E-state index in [1.165, 1.54) is 10.8 Å². The van der Waals surface area contributed by atoms with E-state index in [-0.39, 0.29) is 11.9 Å². The number of hydrogen-bond donors (Lipinski definition) is 0. The third kappa shape index (κ3) is 3.65. The first kappa shape index (κ1) is 19.3. The SMILES string of the molecule is CN(C)c1ccn(C(=O)[C@H]2CCCN2c2nccc(-c3ccc4ccccc4c3)n2)c1. The molecule has 5 rings (SSSR count). The number of carbonyl (C=O) groups is 1. The summed E-state index contributed by atoms with van der Waals surface area (Å²) in [5, 5.41) is 2.38. The van der Waals surface area contributed by atoms with E-state index in [1.807, 2.05) is 60.6 Å². The highest BCUT2D eigenvalue weighted by Crippen LogP contribution is 2.28. The molecule has 1 aliphatic rings. The van der Waals surface area contributed by atoms with Crippen LogP contribution in [0.25, 0.3) is 22.0 Å². The third-order valence-corrected chi connectivity index (χ3v) is 5.93. The monoisotopic (exact) mass is 411 g/mol. The lowest BCUT2D eigenvalue weighted by molar-refractivity contribution is 0.0881. The van der Waals surface area contributed by atoms with E-state index < -0.39 is 0 Å². The van der Waals surface area contributed by atoms with Crippen molar-refractivity contribution in [3.63, 3.8) is 0 Å². The van der Waals surface area contributed by atoms with Crippen LogP contribution in [0, 0.1) is 0 Å². The Hall–Kier alpha value is -3.67. The highest BCUT2D eigenvalue weighted by atomic mass is 16.2. The Morgan fingerprint density at radius 1 is 1.06 bits per heavy atom. The van der Waals surface area contributed by atoms with E-state index >= 15 is 0 Å². The van der Waals surface area contributed by atoms with Crippen LogP contribution in [-0.2, 0) is 0 Å². The second-order valence-corrected chi connectivity index (χ2v) is 8.16. The lowest BCUT2D eigenvalue weighted by Gasteiger charge is -2.24. The molecule has 1 fully saturated rings. The summed E-state index contributed by atoms with van der Waals surface area (Å²) < 4.78 is 1.69. The molecule has 1 saturated heterocycles. The fourth-order valence-corrected chi connectivity index (χ4v) is 4.22. The zero-order valence-corrected chi connectivity index (χ0v) is 17.8. The normalized spacial score (nSPS) is 16.1. The number of rotatable bonds is 4. The standard InChI is InChI=1S/C25H25N5O/c1-28(2)21-12-15-29(17-21)24(31)23-8-5-14-30(23)25-26-13-11-22(27-25)20-10-9-18-6-3-4-7-19(18)16-20/h3-4,6-7,9-13,15-17,23H,5,8,14H2,1-2H3/t23-/m1/s1. The van der Waals surface area contributed by atoms with Gasteiger partial charge in [0.05, 0.1) is 11.4 Å². The quantitative estimate of drug-likeness (QED) is 0.496. The number of anilines is 2. The van der Waals surface area contributed by atoms with Gasteiger partial charge in [0.1, 0.15) is 6.04 Å². The molecule has 0 aliphatic carbocycles. The number of fused-ring (bicyclic) bond motifs is 1. The number of carbonyl (C=O) groups excluding carboxylic acids is 1. The zero-order chi connectivity index (χ0) is 21.4. The van der Waals surface area contributed by atoms with Crippen molar-refractivity contribution in [3.8, 4) is 11.3 Å². The molecule has 0 amide bonds. The minimum Gasteiger partial charge on any atom is -0.376 e. The van der Waals surface area contributed by atoms with Crippen molar-refractivity contribution in [1.82, 2.24) is 14.5 Å². The van der Waals surface area contributed by atoms with Gasteiger partial charge in [-0.1, -0.05) is 36.4 Å². The van der Waals surface area contributed by atoms with Crippen molar-refractivity contribution in [3.05, 3.63) is 73.2 Å². The van der Waals surface area contributed by atoms with Crippen molar-refractivity contribution >= 4 is 28.3 Å². The van der Waals surface area contributed by atoms with Crippen molar-refractivity contribution in [2.75, 3.05) is 30.4 Å². The van der Waals surface area contributed by atoms with Crippen LogP contribution in [0.3, 0.4) is 0 Å². The van der Waals surface area contributed by atoms with Crippen LogP contribution in [0.5, 0.6) is 0 Å². The minimum atomic E-state index is -0.255. The fraction of sp³-hybridized carbons (Fsp3) is 0.240. The van der Waals surface area contributed by atoms with Gasteiger partial charge in [-0.25, -0.2) is 9.97 Å². The van der Waals surface area contributed by atoms with Crippen molar-refractivity contribution < 1.29 is 4.79 Å². The first-order valence-electron chi connectivity index (χ1n) is 10.6. The summed E-state index contributed by atoms with van der Waals surface area (Å²) in [6.07, 6.45) is 7.25. The van der Waals surface area contributed by atoms with E-state index in [1.54, 1.807) is 10.8 Å². The molecule has 0 unspecified atom stereocenters. The summed E-state index contributed by atoms with van der Waals surface area (Å²) in [6.45, 7) is 0.777. The van der Waals surface area contributed by atoms with E-state index in [0.717, 1.165) is 36.3 Å². The number of hydrogen-bond acceptors (Lipinski definition) is 5. The molecule has 4 aromatic rings. The summed E-state index contributed by atoms with van der Waals surface area (Å²) in [6, 6.07) is 18.3. The average molecular weight is 412 g/mol. The predicted molar refractivity (Wildman–Crippen MR) is 125 cm³/mol. The summed E-state index contributed by atoms with van der Waals surface area (Å²) in [4.78, 5) is 26.6. The largest absolute Gasteiger partial charge is 0.376 e. The van der Waals surface area contributed by atoms with E-state index in [0.29, 0.717) is 5.95 Å². The number of benzene rings is 2. The molecule has 156 valence electrons. The molecular weight excluding hydrogens is 386 g/mol. The van der Waals surface area contributed by atoms with Crippen LogP contribution in [0.1, 0.15) is 17.6 Å². The van der Waals surface area contributed by atoms with Crippen LogP contribution in [-0.4, -0.2) is 47.1 Å². The van der Waals surface area contributed by atoms with Gasteiger partial charge >= 0.3 is 0 Å². The maximum Gasteiger partial charge on any atom is 0.253 e. The lowest BCUT2D eigenvalue weighted by atomic mass is 10.1. The molecule has 6 heteroatoms. The Morgan fingerprint density at radius 3 is 2.71 bits per heavy atom. The van der Waals surface area contributed by atoms with Crippen LogP contribution in [0.4, 0.5) is 11.6 Å². The maximum atomic E-state index is 13.2. The van der Waals surface area contributed by atoms with E-state index in [4.69, 9.17) is 4.98 Å². The highest BCUT2D eigenvalue weighted by Gasteiger charge is 2.33. The Morgan fingerprint density at radius 2 is 1.90 bits per heavy atom. The summed E-state index contributed by atoms with van der Waals surface area (Å²) in [7, 11) is 3.94. The van der Waals surface area contributed by atoms with Gasteiger partial charge in [-0.15, -0.1) is 0 Å². The molecule has 1 aliphatic heterocycles. The average Bonchev–Trinajstić information content (AvgIpc) is 3.49. The zero-order valence-electron chi connectivity index (χ0n) is 17.8. The summed E-state index contributed by atoms with van der Waals surface area (Å²) >= 11 is 0. The van der Waals surface area contributed by atoms with Crippen LogP contribution < -0.4 is 9.80 Å². The summed E-state index contributed by atoms with van der Waals surface area (Å²) in [5.74, 6) is 0.673. The molecule has 0 spiro atoms. The van der Waals surface area contributed by atoms with Gasteiger partial charge in [0.2, 0.25) is 5.95 Å². The Bertz CT molecular complexity index is 1250. The Labute approximate surface area is 181 Å². The first-order chi connectivity index (χ1) is 15.1. The summed E-state index contributed by atoms with van der Waals surface area (Å²) in [5.41, 5.74) is 2.92. The van der Waals surface area contributed by atoms with Crippen molar-refractivity contribution in [1.29, 1.82) is 0 Å². The van der Waals surface area contributed by atoms with Crippen LogP contribution in [0.2, 0.25) is 0 Å². The van der Waals surface area contributed by atoms with Crippen LogP contribution >= 0.6 is 0 Å².